The second-order valence-corrected chi connectivity index (χ2v) is 7.92. The number of benzene rings is 1. The summed E-state index contributed by atoms with van der Waals surface area (Å²) in [5.41, 5.74) is 3.12. The molecule has 0 aliphatic carbocycles. The molecule has 5 heteroatoms. The van der Waals surface area contributed by atoms with E-state index < -0.39 is 6.04 Å². The van der Waals surface area contributed by atoms with E-state index in [2.05, 4.69) is 17.6 Å². The predicted octanol–water partition coefficient (Wildman–Crippen LogP) is 3.56. The van der Waals surface area contributed by atoms with E-state index in [1.165, 1.54) is 0 Å². The fourth-order valence-electron chi connectivity index (χ4n) is 3.77. The summed E-state index contributed by atoms with van der Waals surface area (Å²) in [7, 11) is 0. The van der Waals surface area contributed by atoms with Gasteiger partial charge in [-0.25, -0.2) is 0 Å². The van der Waals surface area contributed by atoms with Crippen LogP contribution in [0, 0.1) is 5.92 Å². The summed E-state index contributed by atoms with van der Waals surface area (Å²) in [6.07, 6.45) is 6.28. The Morgan fingerprint density at radius 2 is 2.03 bits per heavy atom. The molecule has 2 aromatic rings. The van der Waals surface area contributed by atoms with Gasteiger partial charge in [0.1, 0.15) is 6.04 Å². The summed E-state index contributed by atoms with van der Waals surface area (Å²) in [4.78, 5) is 33.7. The molecule has 1 atom stereocenters. The number of rotatable bonds is 7. The molecule has 0 unspecified atom stereocenters. The Labute approximate surface area is 173 Å². The first-order valence-electron chi connectivity index (χ1n) is 10.2. The Morgan fingerprint density at radius 3 is 2.72 bits per heavy atom. The van der Waals surface area contributed by atoms with Crippen LogP contribution in [0.2, 0.25) is 0 Å². The SMILES string of the molecule is C=CCN1CCN(C(=O)CC(C)C)[C@@H](Cc2cccc(-c3cccnc3)c2)C1=O. The minimum atomic E-state index is -0.473. The molecule has 3 rings (SSSR count). The van der Waals surface area contributed by atoms with Crippen LogP contribution >= 0.6 is 0 Å². The highest BCUT2D eigenvalue weighted by atomic mass is 16.2. The number of piperazine rings is 1. The first-order valence-corrected chi connectivity index (χ1v) is 10.2. The number of nitrogens with zero attached hydrogens (tertiary/aromatic N) is 3. The average Bonchev–Trinajstić information content (AvgIpc) is 2.71. The summed E-state index contributed by atoms with van der Waals surface area (Å²) >= 11 is 0. The van der Waals surface area contributed by atoms with Crippen LogP contribution in [0.3, 0.4) is 0 Å². The normalized spacial score (nSPS) is 16.9. The number of amides is 2. The van der Waals surface area contributed by atoms with Crippen LogP contribution in [-0.2, 0) is 16.0 Å². The molecule has 0 spiro atoms. The molecule has 0 saturated carbocycles. The van der Waals surface area contributed by atoms with E-state index in [-0.39, 0.29) is 17.7 Å². The van der Waals surface area contributed by atoms with Gasteiger partial charge in [0.15, 0.2) is 0 Å². The molecule has 152 valence electrons. The van der Waals surface area contributed by atoms with E-state index in [1.54, 1.807) is 22.1 Å². The lowest BCUT2D eigenvalue weighted by molar-refractivity contribution is -0.151. The smallest absolute Gasteiger partial charge is 0.246 e. The highest BCUT2D eigenvalue weighted by Crippen LogP contribution is 2.23. The van der Waals surface area contributed by atoms with Crippen LogP contribution in [0.4, 0.5) is 0 Å². The molecule has 2 heterocycles. The minimum absolute atomic E-state index is 0.0000342. The van der Waals surface area contributed by atoms with Gasteiger partial charge in [-0.1, -0.05) is 50.3 Å². The molecule has 5 nitrogen and oxygen atoms in total. The molecule has 29 heavy (non-hydrogen) atoms. The highest BCUT2D eigenvalue weighted by Gasteiger charge is 2.36. The second-order valence-electron chi connectivity index (χ2n) is 7.92. The molecule has 1 aliphatic rings. The maximum absolute atomic E-state index is 13.1. The molecule has 1 aromatic carbocycles. The zero-order valence-electron chi connectivity index (χ0n) is 17.3. The average molecular weight is 392 g/mol. The Balaban J connectivity index is 1.86. The van der Waals surface area contributed by atoms with Gasteiger partial charge in [0, 0.05) is 44.9 Å². The standard InChI is InChI=1S/C24H29N3O2/c1-4-11-26-12-13-27(23(28)14-18(2)3)22(24(26)29)16-19-7-5-8-20(15-19)21-9-6-10-25-17-21/h4-10,15,17-18,22H,1,11-14,16H2,2-3H3/t22-/m0/s1. The molecule has 1 aromatic heterocycles. The van der Waals surface area contributed by atoms with Crippen molar-refractivity contribution >= 4 is 11.8 Å². The quantitative estimate of drug-likeness (QED) is 0.678. The van der Waals surface area contributed by atoms with Crippen molar-refractivity contribution in [2.75, 3.05) is 19.6 Å². The van der Waals surface area contributed by atoms with Gasteiger partial charge in [0.2, 0.25) is 11.8 Å². The van der Waals surface area contributed by atoms with Crippen molar-refractivity contribution in [3.05, 3.63) is 67.0 Å². The third-order valence-corrected chi connectivity index (χ3v) is 5.19. The van der Waals surface area contributed by atoms with Gasteiger partial charge in [-0.2, -0.15) is 0 Å². The Hall–Kier alpha value is -2.95. The van der Waals surface area contributed by atoms with Crippen molar-refractivity contribution in [2.24, 2.45) is 5.92 Å². The predicted molar refractivity (Wildman–Crippen MR) is 115 cm³/mol. The molecule has 2 amide bonds. The monoisotopic (exact) mass is 391 g/mol. The van der Waals surface area contributed by atoms with Crippen LogP contribution in [0.15, 0.2) is 61.4 Å². The lowest BCUT2D eigenvalue weighted by Crippen LogP contribution is -2.59. The van der Waals surface area contributed by atoms with E-state index in [1.807, 2.05) is 50.4 Å². The van der Waals surface area contributed by atoms with Gasteiger partial charge < -0.3 is 9.80 Å². The largest absolute Gasteiger partial charge is 0.335 e. The first-order chi connectivity index (χ1) is 14.0. The maximum Gasteiger partial charge on any atom is 0.246 e. The summed E-state index contributed by atoms with van der Waals surface area (Å²) in [5.74, 6) is 0.318. The van der Waals surface area contributed by atoms with Crippen molar-refractivity contribution < 1.29 is 9.59 Å². The molecule has 1 fully saturated rings. The van der Waals surface area contributed by atoms with Crippen LogP contribution < -0.4 is 0 Å². The minimum Gasteiger partial charge on any atom is -0.335 e. The summed E-state index contributed by atoms with van der Waals surface area (Å²) in [6.45, 7) is 9.45. The van der Waals surface area contributed by atoms with E-state index in [0.717, 1.165) is 16.7 Å². The van der Waals surface area contributed by atoms with E-state index >= 15 is 0 Å². The number of pyridine rings is 1. The van der Waals surface area contributed by atoms with Crippen molar-refractivity contribution in [2.45, 2.75) is 32.7 Å². The van der Waals surface area contributed by atoms with Crippen molar-refractivity contribution in [1.29, 1.82) is 0 Å². The summed E-state index contributed by atoms with van der Waals surface area (Å²) < 4.78 is 0. The Kier molecular flexibility index (Phi) is 6.81. The van der Waals surface area contributed by atoms with Crippen LogP contribution in [0.5, 0.6) is 0 Å². The fraction of sp³-hybridized carbons (Fsp3) is 0.375. The molecule has 1 aliphatic heterocycles. The maximum atomic E-state index is 13.1. The molecule has 0 radical (unpaired) electrons. The lowest BCUT2D eigenvalue weighted by atomic mass is 9.97. The summed E-state index contributed by atoms with van der Waals surface area (Å²) in [5, 5.41) is 0. The van der Waals surface area contributed by atoms with Crippen LogP contribution in [0.25, 0.3) is 11.1 Å². The zero-order chi connectivity index (χ0) is 20.8. The fourth-order valence-corrected chi connectivity index (χ4v) is 3.77. The van der Waals surface area contributed by atoms with Gasteiger partial charge in [-0.3, -0.25) is 14.6 Å². The number of hydrogen-bond donors (Lipinski definition) is 0. The molecule has 1 saturated heterocycles. The second kappa shape index (κ2) is 9.50. The molecular weight excluding hydrogens is 362 g/mol. The third-order valence-electron chi connectivity index (χ3n) is 5.19. The van der Waals surface area contributed by atoms with E-state index in [9.17, 15) is 9.59 Å². The number of carbonyl (C=O) groups is 2. The topological polar surface area (TPSA) is 53.5 Å². The Bertz CT molecular complexity index is 863. The van der Waals surface area contributed by atoms with Gasteiger partial charge in [-0.05, 0) is 28.7 Å². The van der Waals surface area contributed by atoms with Crippen LogP contribution in [0.1, 0.15) is 25.8 Å². The van der Waals surface area contributed by atoms with E-state index in [4.69, 9.17) is 0 Å². The molecule has 0 bridgehead atoms. The van der Waals surface area contributed by atoms with Gasteiger partial charge in [-0.15, -0.1) is 6.58 Å². The first kappa shape index (κ1) is 20.8. The van der Waals surface area contributed by atoms with Crippen molar-refractivity contribution in [3.63, 3.8) is 0 Å². The summed E-state index contributed by atoms with van der Waals surface area (Å²) in [6, 6.07) is 11.6. The van der Waals surface area contributed by atoms with E-state index in [0.29, 0.717) is 32.5 Å². The lowest BCUT2D eigenvalue weighted by Gasteiger charge is -2.40. The number of aromatic nitrogens is 1. The third kappa shape index (κ3) is 5.11. The Morgan fingerprint density at radius 1 is 1.24 bits per heavy atom. The zero-order valence-corrected chi connectivity index (χ0v) is 17.3. The number of hydrogen-bond acceptors (Lipinski definition) is 3. The molecule has 0 N–H and O–H groups in total. The van der Waals surface area contributed by atoms with Gasteiger partial charge >= 0.3 is 0 Å². The number of carbonyl (C=O) groups excluding carboxylic acids is 2. The van der Waals surface area contributed by atoms with Crippen molar-refractivity contribution in [1.82, 2.24) is 14.8 Å². The molecular formula is C24H29N3O2. The highest BCUT2D eigenvalue weighted by molar-refractivity contribution is 5.89. The van der Waals surface area contributed by atoms with Crippen LogP contribution in [-0.4, -0.2) is 52.3 Å². The van der Waals surface area contributed by atoms with Gasteiger partial charge in [0.25, 0.3) is 0 Å². The van der Waals surface area contributed by atoms with Gasteiger partial charge in [0.05, 0.1) is 0 Å². The van der Waals surface area contributed by atoms with Crippen molar-refractivity contribution in [3.8, 4) is 11.1 Å².